The molecular weight excluding hydrogens is 486 g/mol. The van der Waals surface area contributed by atoms with Crippen molar-refractivity contribution in [1.82, 2.24) is 19.9 Å². The maximum Gasteiger partial charge on any atom is 0.178 e. The van der Waals surface area contributed by atoms with Gasteiger partial charge in [0.05, 0.1) is 18.4 Å². The van der Waals surface area contributed by atoms with Gasteiger partial charge < -0.3 is 24.4 Å². The Kier molecular flexibility index (Phi) is 6.39. The van der Waals surface area contributed by atoms with Crippen LogP contribution in [0.2, 0.25) is 0 Å². The van der Waals surface area contributed by atoms with Gasteiger partial charge in [0.1, 0.15) is 23.9 Å². The molecule has 0 spiro atoms. The molecule has 9 heteroatoms. The molecule has 198 valence electrons. The zero-order valence-electron chi connectivity index (χ0n) is 22.0. The van der Waals surface area contributed by atoms with Gasteiger partial charge in [0.15, 0.2) is 17.4 Å². The number of piperazine rings is 1. The van der Waals surface area contributed by atoms with Crippen molar-refractivity contribution in [2.75, 3.05) is 56.2 Å². The smallest absolute Gasteiger partial charge is 0.178 e. The number of rotatable bonds is 5. The first-order valence-electron chi connectivity index (χ1n) is 13.2. The van der Waals surface area contributed by atoms with Gasteiger partial charge in [-0.05, 0) is 56.8 Å². The Hall–Kier alpha value is -3.72. The number of hydrogen-bond donors (Lipinski definition) is 1. The molecule has 0 aliphatic carbocycles. The number of likely N-dealkylation sites (N-methyl/N-ethyl adjacent to an activating group) is 1. The minimum Gasteiger partial charge on any atom is -0.486 e. The summed E-state index contributed by atoms with van der Waals surface area (Å²) in [5.74, 6) is 0.708. The molecule has 0 unspecified atom stereocenters. The van der Waals surface area contributed by atoms with Crippen LogP contribution in [0.3, 0.4) is 0 Å². The summed E-state index contributed by atoms with van der Waals surface area (Å²) in [5.41, 5.74) is 3.18. The maximum absolute atomic E-state index is 15.0. The van der Waals surface area contributed by atoms with E-state index >= 15 is 4.39 Å². The van der Waals surface area contributed by atoms with Crippen LogP contribution in [-0.4, -0.2) is 72.3 Å². The van der Waals surface area contributed by atoms with E-state index in [2.05, 4.69) is 54.9 Å². The molecule has 4 aromatic rings. The van der Waals surface area contributed by atoms with Gasteiger partial charge in [0, 0.05) is 55.1 Å². The molecule has 4 heterocycles. The molecule has 2 aliphatic rings. The summed E-state index contributed by atoms with van der Waals surface area (Å²) in [5, 5.41) is 1.12. The van der Waals surface area contributed by atoms with E-state index in [0.29, 0.717) is 36.6 Å². The molecule has 1 saturated heterocycles. The Bertz CT molecular complexity index is 1480. The number of nitrogens with one attached hydrogen (secondary N) is 1. The fourth-order valence-electron chi connectivity index (χ4n) is 5.34. The number of aromatic amines is 1. The summed E-state index contributed by atoms with van der Waals surface area (Å²) in [7, 11) is 2.15. The Morgan fingerprint density at radius 1 is 1.00 bits per heavy atom. The van der Waals surface area contributed by atoms with Crippen LogP contribution in [0, 0.1) is 11.6 Å². The van der Waals surface area contributed by atoms with Crippen LogP contribution in [0.1, 0.15) is 25.2 Å². The van der Waals surface area contributed by atoms with Gasteiger partial charge in [0.25, 0.3) is 0 Å². The minimum atomic E-state index is -0.584. The summed E-state index contributed by atoms with van der Waals surface area (Å²) in [4.78, 5) is 19.1. The molecule has 0 radical (unpaired) electrons. The summed E-state index contributed by atoms with van der Waals surface area (Å²) in [6, 6.07) is 11.6. The largest absolute Gasteiger partial charge is 0.486 e. The predicted molar refractivity (Wildman–Crippen MR) is 146 cm³/mol. The average molecular weight is 519 g/mol. The monoisotopic (exact) mass is 518 g/mol. The lowest BCUT2D eigenvalue weighted by Crippen LogP contribution is -2.44. The Morgan fingerprint density at radius 3 is 2.61 bits per heavy atom. The number of ether oxygens (including phenoxy) is 1. The van der Waals surface area contributed by atoms with E-state index in [0.717, 1.165) is 48.5 Å². The normalized spacial score (nSPS) is 16.3. The standard InChI is InChI=1S/C29H32F2N6O/c1-18(2)37-10-11-38-29-22(30)14-21(15-25(29)37)28-23(31)17-32-26(34-28)13-19-4-5-24-20(12-19)16-27(33-24)36-8-6-35(3)7-9-36/h4-5,12,14-18,33H,6-11,13H2,1-3H3. The van der Waals surface area contributed by atoms with Crippen LogP contribution in [0.15, 0.2) is 42.6 Å². The van der Waals surface area contributed by atoms with Crippen molar-refractivity contribution in [3.8, 4) is 17.0 Å². The molecule has 0 bridgehead atoms. The molecule has 0 amide bonds. The number of H-pyrrole nitrogens is 1. The SMILES string of the molecule is CC(C)N1CCOc2c(F)cc(-c3nc(Cc4ccc5[nH]c(N6CCN(C)CC6)cc5c4)ncc3F)cc21. The molecule has 6 rings (SSSR count). The van der Waals surface area contributed by atoms with Crippen LogP contribution in [0.5, 0.6) is 5.75 Å². The average Bonchev–Trinajstić information content (AvgIpc) is 3.33. The minimum absolute atomic E-state index is 0.0889. The topological polar surface area (TPSA) is 60.5 Å². The van der Waals surface area contributed by atoms with Crippen molar-refractivity contribution >= 4 is 22.4 Å². The maximum atomic E-state index is 15.0. The van der Waals surface area contributed by atoms with Crippen molar-refractivity contribution in [1.29, 1.82) is 0 Å². The molecule has 0 saturated carbocycles. The second-order valence-corrected chi connectivity index (χ2v) is 10.5. The van der Waals surface area contributed by atoms with Crippen molar-refractivity contribution < 1.29 is 13.5 Å². The Morgan fingerprint density at radius 2 is 1.82 bits per heavy atom. The summed E-state index contributed by atoms with van der Waals surface area (Å²) in [6.07, 6.45) is 1.61. The van der Waals surface area contributed by atoms with Gasteiger partial charge in [0.2, 0.25) is 0 Å². The summed E-state index contributed by atoms with van der Waals surface area (Å²) < 4.78 is 35.5. The number of anilines is 2. The number of nitrogens with zero attached hydrogens (tertiary/aromatic N) is 5. The molecule has 1 N–H and O–H groups in total. The lowest BCUT2D eigenvalue weighted by molar-refractivity contribution is 0.287. The Balaban J connectivity index is 1.28. The van der Waals surface area contributed by atoms with E-state index in [1.807, 2.05) is 19.9 Å². The zero-order chi connectivity index (χ0) is 26.4. The van der Waals surface area contributed by atoms with Crippen LogP contribution in [0.25, 0.3) is 22.2 Å². The van der Waals surface area contributed by atoms with E-state index in [9.17, 15) is 4.39 Å². The lowest BCUT2D eigenvalue weighted by atomic mass is 10.1. The van der Waals surface area contributed by atoms with Gasteiger partial charge in [-0.1, -0.05) is 6.07 Å². The third-order valence-electron chi connectivity index (χ3n) is 7.48. The summed E-state index contributed by atoms with van der Waals surface area (Å²) >= 11 is 0. The number of benzene rings is 2. The van der Waals surface area contributed by atoms with Gasteiger partial charge in [-0.2, -0.15) is 0 Å². The molecule has 2 aliphatic heterocycles. The molecule has 38 heavy (non-hydrogen) atoms. The van der Waals surface area contributed by atoms with Gasteiger partial charge >= 0.3 is 0 Å². The van der Waals surface area contributed by atoms with Crippen molar-refractivity contribution in [2.24, 2.45) is 0 Å². The van der Waals surface area contributed by atoms with E-state index in [-0.39, 0.29) is 17.5 Å². The third kappa shape index (κ3) is 4.67. The van der Waals surface area contributed by atoms with E-state index in [1.54, 1.807) is 6.07 Å². The first-order valence-corrected chi connectivity index (χ1v) is 13.2. The highest BCUT2D eigenvalue weighted by Crippen LogP contribution is 2.39. The number of hydrogen-bond acceptors (Lipinski definition) is 6. The fourth-order valence-corrected chi connectivity index (χ4v) is 5.34. The quantitative estimate of drug-likeness (QED) is 0.408. The first-order chi connectivity index (χ1) is 18.4. The van der Waals surface area contributed by atoms with Crippen LogP contribution >= 0.6 is 0 Å². The predicted octanol–water partition coefficient (Wildman–Crippen LogP) is 4.85. The second kappa shape index (κ2) is 9.87. The van der Waals surface area contributed by atoms with Gasteiger partial charge in [-0.15, -0.1) is 0 Å². The van der Waals surface area contributed by atoms with Crippen LogP contribution in [-0.2, 0) is 6.42 Å². The molecule has 1 fully saturated rings. The second-order valence-electron chi connectivity index (χ2n) is 10.5. The fraction of sp³-hybridized carbons (Fsp3) is 0.379. The number of halogens is 2. The zero-order valence-corrected chi connectivity index (χ0v) is 22.0. The lowest BCUT2D eigenvalue weighted by Gasteiger charge is -2.34. The first kappa shape index (κ1) is 24.6. The van der Waals surface area contributed by atoms with Gasteiger partial charge in [-0.25, -0.2) is 18.7 Å². The highest BCUT2D eigenvalue weighted by molar-refractivity contribution is 5.85. The Labute approximate surface area is 221 Å². The number of fused-ring (bicyclic) bond motifs is 2. The molecular formula is C29H32F2N6O. The van der Waals surface area contributed by atoms with E-state index in [1.165, 1.54) is 12.3 Å². The van der Waals surface area contributed by atoms with Crippen molar-refractivity contribution in [3.05, 3.63) is 65.6 Å². The number of aromatic nitrogens is 3. The third-order valence-corrected chi connectivity index (χ3v) is 7.48. The van der Waals surface area contributed by atoms with Crippen molar-refractivity contribution in [3.63, 3.8) is 0 Å². The molecule has 2 aromatic carbocycles. The van der Waals surface area contributed by atoms with Crippen LogP contribution < -0.4 is 14.5 Å². The molecule has 2 aromatic heterocycles. The molecule has 0 atom stereocenters. The molecule has 7 nitrogen and oxygen atoms in total. The highest BCUT2D eigenvalue weighted by Gasteiger charge is 2.26. The summed E-state index contributed by atoms with van der Waals surface area (Å²) in [6.45, 7) is 9.21. The van der Waals surface area contributed by atoms with Crippen molar-refractivity contribution in [2.45, 2.75) is 26.3 Å². The highest BCUT2D eigenvalue weighted by atomic mass is 19.1. The van der Waals surface area contributed by atoms with Crippen LogP contribution in [0.4, 0.5) is 20.3 Å². The van der Waals surface area contributed by atoms with E-state index < -0.39 is 11.6 Å². The van der Waals surface area contributed by atoms with Gasteiger partial charge in [-0.3, -0.25) is 0 Å². The van der Waals surface area contributed by atoms with E-state index in [4.69, 9.17) is 4.74 Å².